The van der Waals surface area contributed by atoms with Gasteiger partial charge in [-0.3, -0.25) is 0 Å². The number of ether oxygens (including phenoxy) is 1. The fourth-order valence-corrected chi connectivity index (χ4v) is 0.793. The number of hydrogen-bond donors (Lipinski definition) is 0. The summed E-state index contributed by atoms with van der Waals surface area (Å²) in [5.41, 5.74) is -2.53. The lowest BCUT2D eigenvalue weighted by Gasteiger charge is -2.34. The maximum atomic E-state index is 12.6. The fourth-order valence-electron chi connectivity index (χ4n) is 0.793. The van der Waals surface area contributed by atoms with Crippen molar-refractivity contribution in [2.45, 2.75) is 38.5 Å². The molecule has 13 heavy (non-hydrogen) atoms. The Morgan fingerprint density at radius 2 is 1.38 bits per heavy atom. The van der Waals surface area contributed by atoms with E-state index in [1.807, 2.05) is 0 Å². The van der Waals surface area contributed by atoms with Crippen LogP contribution in [0.4, 0.5) is 22.0 Å². The Kier molecular flexibility index (Phi) is 3.30. The van der Waals surface area contributed by atoms with E-state index in [1.165, 1.54) is 6.92 Å². The highest BCUT2D eigenvalue weighted by molar-refractivity contribution is 4.92. The van der Waals surface area contributed by atoms with Gasteiger partial charge in [-0.15, -0.1) is 0 Å². The van der Waals surface area contributed by atoms with Gasteiger partial charge in [-0.2, -0.15) is 22.0 Å². The molecule has 0 bridgehead atoms. The average molecular weight is 206 g/mol. The number of halogens is 5. The van der Waals surface area contributed by atoms with Crippen molar-refractivity contribution in [3.63, 3.8) is 0 Å². The van der Waals surface area contributed by atoms with Gasteiger partial charge in [-0.1, -0.05) is 0 Å². The lowest BCUT2D eigenvalue weighted by molar-refractivity contribution is -0.341. The maximum absolute atomic E-state index is 12.6. The molecule has 0 aromatic carbocycles. The first-order chi connectivity index (χ1) is 5.56. The largest absolute Gasteiger partial charge is 0.456 e. The van der Waals surface area contributed by atoms with E-state index in [0.717, 1.165) is 0 Å². The van der Waals surface area contributed by atoms with Crippen LogP contribution < -0.4 is 0 Å². The molecule has 0 amide bonds. The summed E-state index contributed by atoms with van der Waals surface area (Å²) in [7, 11) is 0. The Morgan fingerprint density at radius 1 is 1.00 bits per heavy atom. The second kappa shape index (κ2) is 3.40. The molecule has 0 aliphatic rings. The molecule has 0 atom stereocenters. The number of rotatable bonds is 3. The third kappa shape index (κ3) is 2.30. The van der Waals surface area contributed by atoms with E-state index in [0.29, 0.717) is 13.8 Å². The third-order valence-electron chi connectivity index (χ3n) is 1.62. The second-order valence-electron chi connectivity index (χ2n) is 3.02. The van der Waals surface area contributed by atoms with Gasteiger partial charge >= 0.3 is 12.1 Å². The Bertz CT molecular complexity index is 172. The van der Waals surface area contributed by atoms with Crippen LogP contribution in [0.1, 0.15) is 20.8 Å². The molecule has 0 spiro atoms. The molecular formula is C7H11F5O. The summed E-state index contributed by atoms with van der Waals surface area (Å²) in [6, 6.07) is 0. The van der Waals surface area contributed by atoms with Crippen LogP contribution in [0.15, 0.2) is 0 Å². The molecule has 0 fully saturated rings. The van der Waals surface area contributed by atoms with E-state index >= 15 is 0 Å². The van der Waals surface area contributed by atoms with E-state index in [-0.39, 0.29) is 6.61 Å². The van der Waals surface area contributed by atoms with Crippen molar-refractivity contribution in [1.29, 1.82) is 0 Å². The second-order valence-corrected chi connectivity index (χ2v) is 3.02. The van der Waals surface area contributed by atoms with Crippen molar-refractivity contribution < 1.29 is 26.7 Å². The molecule has 0 rings (SSSR count). The molecule has 0 saturated heterocycles. The highest BCUT2D eigenvalue weighted by atomic mass is 19.4. The highest BCUT2D eigenvalue weighted by Crippen LogP contribution is 2.44. The van der Waals surface area contributed by atoms with Crippen LogP contribution in [0.25, 0.3) is 0 Å². The summed E-state index contributed by atoms with van der Waals surface area (Å²) >= 11 is 0. The molecule has 0 aromatic rings. The fraction of sp³-hybridized carbons (Fsp3) is 1.00. The quantitative estimate of drug-likeness (QED) is 0.645. The van der Waals surface area contributed by atoms with Gasteiger partial charge in [-0.25, -0.2) is 0 Å². The van der Waals surface area contributed by atoms with Crippen molar-refractivity contribution in [2.75, 3.05) is 6.61 Å². The smallest absolute Gasteiger partial charge is 0.369 e. The Balaban J connectivity index is 4.81. The van der Waals surface area contributed by atoms with Crippen LogP contribution >= 0.6 is 0 Å². The molecule has 6 heteroatoms. The highest BCUT2D eigenvalue weighted by Gasteiger charge is 2.67. The first-order valence-corrected chi connectivity index (χ1v) is 3.64. The predicted molar refractivity (Wildman–Crippen MR) is 36.7 cm³/mol. The molecule has 0 aliphatic heterocycles. The molecule has 0 aromatic heterocycles. The van der Waals surface area contributed by atoms with Crippen LogP contribution in [0.5, 0.6) is 0 Å². The summed E-state index contributed by atoms with van der Waals surface area (Å²) in [5.74, 6) is -4.84. The molecule has 80 valence electrons. The molecular weight excluding hydrogens is 195 g/mol. The zero-order valence-electron chi connectivity index (χ0n) is 7.51. The van der Waals surface area contributed by atoms with Gasteiger partial charge in [0, 0.05) is 6.61 Å². The first kappa shape index (κ1) is 12.6. The molecule has 1 nitrogen and oxygen atoms in total. The van der Waals surface area contributed by atoms with Crippen molar-refractivity contribution in [3.05, 3.63) is 0 Å². The van der Waals surface area contributed by atoms with Crippen LogP contribution in [-0.4, -0.2) is 24.3 Å². The van der Waals surface area contributed by atoms with Crippen LogP contribution in [0.3, 0.4) is 0 Å². The first-order valence-electron chi connectivity index (χ1n) is 3.64. The van der Waals surface area contributed by atoms with Crippen LogP contribution in [0, 0.1) is 0 Å². The minimum Gasteiger partial charge on any atom is -0.369 e. The van der Waals surface area contributed by atoms with E-state index in [9.17, 15) is 22.0 Å². The van der Waals surface area contributed by atoms with Crippen LogP contribution in [0.2, 0.25) is 0 Å². The SMILES string of the molecule is CCOC(C)(C)C(F)(F)C(F)(F)F. The Morgan fingerprint density at radius 3 is 1.62 bits per heavy atom. The van der Waals surface area contributed by atoms with Gasteiger partial charge in [0.1, 0.15) is 5.60 Å². The van der Waals surface area contributed by atoms with E-state index in [1.54, 1.807) is 0 Å². The number of alkyl halides is 5. The zero-order chi connectivity index (χ0) is 10.9. The summed E-state index contributed by atoms with van der Waals surface area (Å²) in [4.78, 5) is 0. The van der Waals surface area contributed by atoms with Gasteiger partial charge in [0.05, 0.1) is 0 Å². The van der Waals surface area contributed by atoms with Crippen LogP contribution in [-0.2, 0) is 4.74 Å². The minimum absolute atomic E-state index is 0.196. The van der Waals surface area contributed by atoms with Gasteiger partial charge in [-0.05, 0) is 20.8 Å². The molecule has 0 heterocycles. The maximum Gasteiger partial charge on any atom is 0.456 e. The van der Waals surface area contributed by atoms with E-state index in [4.69, 9.17) is 0 Å². The standard InChI is InChI=1S/C7H11F5O/c1-4-13-5(2,3)6(8,9)7(10,11)12/h4H2,1-3H3. The van der Waals surface area contributed by atoms with Gasteiger partial charge in [0.2, 0.25) is 0 Å². The molecule has 0 aliphatic carbocycles. The minimum atomic E-state index is -5.58. The Hall–Kier alpha value is -0.390. The summed E-state index contributed by atoms with van der Waals surface area (Å²) in [6.07, 6.45) is -5.58. The summed E-state index contributed by atoms with van der Waals surface area (Å²) in [6.45, 7) is 2.58. The molecule has 0 radical (unpaired) electrons. The lowest BCUT2D eigenvalue weighted by Crippen LogP contribution is -2.55. The topological polar surface area (TPSA) is 9.23 Å². The third-order valence-corrected chi connectivity index (χ3v) is 1.62. The summed E-state index contributed by atoms with van der Waals surface area (Å²) < 4.78 is 65.1. The van der Waals surface area contributed by atoms with E-state index < -0.39 is 17.7 Å². The van der Waals surface area contributed by atoms with Crippen molar-refractivity contribution in [2.24, 2.45) is 0 Å². The summed E-state index contributed by atoms with van der Waals surface area (Å²) in [5, 5.41) is 0. The zero-order valence-corrected chi connectivity index (χ0v) is 7.51. The van der Waals surface area contributed by atoms with Gasteiger partial charge in [0.25, 0.3) is 0 Å². The molecule has 0 N–H and O–H groups in total. The lowest BCUT2D eigenvalue weighted by atomic mass is 10.00. The monoisotopic (exact) mass is 206 g/mol. The average Bonchev–Trinajstić information content (AvgIpc) is 1.84. The molecule has 0 unspecified atom stereocenters. The van der Waals surface area contributed by atoms with Gasteiger partial charge in [0.15, 0.2) is 0 Å². The van der Waals surface area contributed by atoms with Crippen molar-refractivity contribution in [1.82, 2.24) is 0 Å². The van der Waals surface area contributed by atoms with Gasteiger partial charge < -0.3 is 4.74 Å². The molecule has 0 saturated carbocycles. The predicted octanol–water partition coefficient (Wildman–Crippen LogP) is 3.00. The normalized spacial score (nSPS) is 14.8. The van der Waals surface area contributed by atoms with Crippen molar-refractivity contribution >= 4 is 0 Å². The number of hydrogen-bond acceptors (Lipinski definition) is 1. The van der Waals surface area contributed by atoms with Crippen molar-refractivity contribution in [3.8, 4) is 0 Å². The van der Waals surface area contributed by atoms with E-state index in [2.05, 4.69) is 4.74 Å². The Labute approximate surface area is 72.9 Å².